The normalized spacial score (nSPS) is 13.2. The highest BCUT2D eigenvalue weighted by atomic mass is 16.7. The van der Waals surface area contributed by atoms with Gasteiger partial charge in [0.1, 0.15) is 12.4 Å². The van der Waals surface area contributed by atoms with Crippen molar-refractivity contribution >= 4 is 0 Å². The van der Waals surface area contributed by atoms with Crippen molar-refractivity contribution in [3.8, 4) is 28.7 Å². The Labute approximate surface area is 147 Å². The average Bonchev–Trinajstić information content (AvgIpc) is 3.11. The molecular formula is C20H22O5. The number of ether oxygens (including phenoxy) is 5. The van der Waals surface area contributed by atoms with Crippen LogP contribution in [0.1, 0.15) is 24.0 Å². The van der Waals surface area contributed by atoms with E-state index in [1.807, 2.05) is 30.3 Å². The lowest BCUT2D eigenvalue weighted by Crippen LogP contribution is -2.03. The van der Waals surface area contributed by atoms with E-state index in [1.54, 1.807) is 20.3 Å². The van der Waals surface area contributed by atoms with Gasteiger partial charge in [-0.1, -0.05) is 25.6 Å². The molecule has 5 heteroatoms. The summed E-state index contributed by atoms with van der Waals surface area (Å²) in [6.45, 7) is 6.47. The fourth-order valence-electron chi connectivity index (χ4n) is 2.85. The molecule has 3 rings (SSSR count). The van der Waals surface area contributed by atoms with Crippen LogP contribution >= 0.6 is 0 Å². The average molecular weight is 342 g/mol. The molecule has 0 fully saturated rings. The summed E-state index contributed by atoms with van der Waals surface area (Å²) < 4.78 is 27.6. The van der Waals surface area contributed by atoms with Gasteiger partial charge in [0.25, 0.3) is 0 Å². The first-order valence-electron chi connectivity index (χ1n) is 8.07. The Balaban J connectivity index is 2.00. The molecule has 1 unspecified atom stereocenters. The second-order valence-corrected chi connectivity index (χ2v) is 5.68. The van der Waals surface area contributed by atoms with E-state index in [2.05, 4.69) is 13.5 Å². The molecule has 0 radical (unpaired) electrons. The van der Waals surface area contributed by atoms with Gasteiger partial charge < -0.3 is 23.7 Å². The van der Waals surface area contributed by atoms with E-state index in [9.17, 15) is 0 Å². The van der Waals surface area contributed by atoms with Crippen molar-refractivity contribution in [2.75, 3.05) is 27.6 Å². The summed E-state index contributed by atoms with van der Waals surface area (Å²) in [5.41, 5.74) is 2.10. The lowest BCUT2D eigenvalue weighted by Gasteiger charge is -2.19. The first-order chi connectivity index (χ1) is 12.2. The maximum Gasteiger partial charge on any atom is 0.231 e. The number of hydrogen-bond acceptors (Lipinski definition) is 5. The van der Waals surface area contributed by atoms with Crippen molar-refractivity contribution in [1.29, 1.82) is 0 Å². The molecule has 25 heavy (non-hydrogen) atoms. The van der Waals surface area contributed by atoms with Crippen LogP contribution in [0.2, 0.25) is 0 Å². The molecule has 132 valence electrons. The summed E-state index contributed by atoms with van der Waals surface area (Å²) in [5.74, 6) is 3.64. The Morgan fingerprint density at radius 1 is 1.04 bits per heavy atom. The van der Waals surface area contributed by atoms with Crippen LogP contribution in [0.4, 0.5) is 0 Å². The summed E-state index contributed by atoms with van der Waals surface area (Å²) in [4.78, 5) is 0. The first kappa shape index (κ1) is 17.0. The van der Waals surface area contributed by atoms with Crippen LogP contribution in [0.15, 0.2) is 43.0 Å². The summed E-state index contributed by atoms with van der Waals surface area (Å²) in [7, 11) is 3.26. The fourth-order valence-corrected chi connectivity index (χ4v) is 2.85. The maximum atomic E-state index is 5.85. The molecule has 0 saturated heterocycles. The van der Waals surface area contributed by atoms with Crippen LogP contribution < -0.4 is 23.7 Å². The molecule has 2 aromatic rings. The molecule has 0 N–H and O–H groups in total. The first-order valence-corrected chi connectivity index (χ1v) is 8.07. The number of rotatable bonds is 7. The van der Waals surface area contributed by atoms with Gasteiger partial charge in [0.05, 0.1) is 14.2 Å². The zero-order valence-electron chi connectivity index (χ0n) is 14.7. The van der Waals surface area contributed by atoms with Crippen molar-refractivity contribution in [3.63, 3.8) is 0 Å². The zero-order valence-corrected chi connectivity index (χ0v) is 14.7. The summed E-state index contributed by atoms with van der Waals surface area (Å²) >= 11 is 0. The smallest absolute Gasteiger partial charge is 0.231 e. The van der Waals surface area contributed by atoms with Gasteiger partial charge in [-0.15, -0.1) is 0 Å². The largest absolute Gasteiger partial charge is 0.493 e. The summed E-state index contributed by atoms with van der Waals surface area (Å²) in [6.07, 6.45) is 1.72. The molecule has 0 bridgehead atoms. The molecular weight excluding hydrogens is 320 g/mol. The van der Waals surface area contributed by atoms with E-state index in [1.165, 1.54) is 0 Å². The van der Waals surface area contributed by atoms with Crippen LogP contribution in [-0.4, -0.2) is 27.6 Å². The van der Waals surface area contributed by atoms with Crippen LogP contribution in [0.25, 0.3) is 0 Å². The Bertz CT molecular complexity index is 769. The molecule has 1 aliphatic heterocycles. The second kappa shape index (κ2) is 7.38. The molecule has 0 saturated carbocycles. The van der Waals surface area contributed by atoms with E-state index in [0.717, 1.165) is 22.6 Å². The predicted octanol–water partition coefficient (Wildman–Crippen LogP) is 4.15. The topological polar surface area (TPSA) is 46.2 Å². The lowest BCUT2D eigenvalue weighted by molar-refractivity contribution is 0.174. The minimum absolute atomic E-state index is 0.0640. The molecule has 1 atom stereocenters. The third-order valence-corrected chi connectivity index (χ3v) is 4.24. The molecule has 0 aromatic heterocycles. The van der Waals surface area contributed by atoms with Gasteiger partial charge >= 0.3 is 0 Å². The van der Waals surface area contributed by atoms with Crippen LogP contribution in [0.5, 0.6) is 28.7 Å². The highest BCUT2D eigenvalue weighted by Crippen LogP contribution is 2.43. The third-order valence-electron chi connectivity index (χ3n) is 4.24. The highest BCUT2D eigenvalue weighted by molar-refractivity contribution is 5.55. The van der Waals surface area contributed by atoms with Gasteiger partial charge in [-0.05, 0) is 23.8 Å². The Kier molecular flexibility index (Phi) is 5.03. The lowest BCUT2D eigenvalue weighted by atomic mass is 9.91. The minimum atomic E-state index is 0.0640. The van der Waals surface area contributed by atoms with Gasteiger partial charge in [0.15, 0.2) is 23.0 Å². The van der Waals surface area contributed by atoms with Crippen LogP contribution in [-0.2, 0) is 0 Å². The molecule has 0 spiro atoms. The van der Waals surface area contributed by atoms with Crippen molar-refractivity contribution in [1.82, 2.24) is 0 Å². The van der Waals surface area contributed by atoms with Crippen LogP contribution in [0, 0.1) is 0 Å². The SMILES string of the molecule is C=CCOc1cc2c(cc1C(C)c1ccc(OC)c(OC)c1)OCO2. The molecule has 2 aromatic carbocycles. The van der Waals surface area contributed by atoms with Crippen molar-refractivity contribution in [2.24, 2.45) is 0 Å². The summed E-state index contributed by atoms with van der Waals surface area (Å²) in [6, 6.07) is 9.75. The van der Waals surface area contributed by atoms with Gasteiger partial charge in [-0.25, -0.2) is 0 Å². The predicted molar refractivity (Wildman–Crippen MR) is 95.3 cm³/mol. The molecule has 1 aliphatic rings. The van der Waals surface area contributed by atoms with Crippen LogP contribution in [0.3, 0.4) is 0 Å². The summed E-state index contributed by atoms with van der Waals surface area (Å²) in [5, 5.41) is 0. The Morgan fingerprint density at radius 2 is 1.76 bits per heavy atom. The van der Waals surface area contributed by atoms with Gasteiger partial charge in [-0.3, -0.25) is 0 Å². The number of fused-ring (bicyclic) bond motifs is 1. The monoisotopic (exact) mass is 342 g/mol. The number of methoxy groups -OCH3 is 2. The van der Waals surface area contributed by atoms with E-state index in [-0.39, 0.29) is 12.7 Å². The highest BCUT2D eigenvalue weighted by Gasteiger charge is 2.22. The number of hydrogen-bond donors (Lipinski definition) is 0. The fraction of sp³-hybridized carbons (Fsp3) is 0.300. The standard InChI is InChI=1S/C20H22O5/c1-5-8-23-17-11-20-19(24-12-25-20)10-15(17)13(2)14-6-7-16(21-3)18(9-14)22-4/h5-7,9-11,13H,1,8,12H2,2-4H3. The molecule has 5 nitrogen and oxygen atoms in total. The van der Waals surface area contributed by atoms with Gasteiger partial charge in [0.2, 0.25) is 6.79 Å². The second-order valence-electron chi connectivity index (χ2n) is 5.68. The van der Waals surface area contributed by atoms with E-state index < -0.39 is 0 Å². The third kappa shape index (κ3) is 3.36. The molecule has 0 amide bonds. The zero-order chi connectivity index (χ0) is 17.8. The Hall–Kier alpha value is -2.82. The quantitative estimate of drug-likeness (QED) is 0.708. The van der Waals surface area contributed by atoms with E-state index >= 15 is 0 Å². The number of benzene rings is 2. The van der Waals surface area contributed by atoms with Crippen molar-refractivity contribution in [3.05, 3.63) is 54.1 Å². The molecule has 1 heterocycles. The van der Waals surface area contributed by atoms with E-state index in [4.69, 9.17) is 23.7 Å². The van der Waals surface area contributed by atoms with Crippen molar-refractivity contribution < 1.29 is 23.7 Å². The molecule has 0 aliphatic carbocycles. The van der Waals surface area contributed by atoms with E-state index in [0.29, 0.717) is 23.9 Å². The maximum absolute atomic E-state index is 5.85. The van der Waals surface area contributed by atoms with Gasteiger partial charge in [0, 0.05) is 17.5 Å². The Morgan fingerprint density at radius 3 is 2.44 bits per heavy atom. The van der Waals surface area contributed by atoms with Crippen molar-refractivity contribution in [2.45, 2.75) is 12.8 Å². The minimum Gasteiger partial charge on any atom is -0.493 e. The van der Waals surface area contributed by atoms with Gasteiger partial charge in [-0.2, -0.15) is 0 Å².